The molecule has 0 amide bonds. The average molecular weight is 457 g/mol. The fraction of sp³-hybridized carbons (Fsp3) is 0.304. The lowest BCUT2D eigenvalue weighted by Gasteiger charge is -2.30. The average Bonchev–Trinajstić information content (AvgIpc) is 3.14. The first-order valence-electron chi connectivity index (χ1n) is 10.3. The van der Waals surface area contributed by atoms with E-state index < -0.39 is 18.2 Å². The Bertz CT molecular complexity index is 1070. The lowest BCUT2D eigenvalue weighted by Crippen LogP contribution is -2.51. The van der Waals surface area contributed by atoms with E-state index >= 15 is 0 Å². The van der Waals surface area contributed by atoms with Crippen LogP contribution in [0.2, 0.25) is 0 Å². The number of aromatic hydroxyl groups is 1. The van der Waals surface area contributed by atoms with Crippen LogP contribution in [0.4, 0.5) is 0 Å². The van der Waals surface area contributed by atoms with Gasteiger partial charge in [0.2, 0.25) is 12.0 Å². The van der Waals surface area contributed by atoms with Crippen LogP contribution in [0.1, 0.15) is 16.0 Å². The standard InChI is InChI=1S/C23H24N2O6S/c26-21-19(32-23(28)25-21)12-15-6-8-17(9-7-15)31-20(18-13-24-10-11-29-18)22(27)30-14-16-4-2-1-3-5-16/h1-9,18,20,24,26H,10-14H2,(H,25,28)/t18-,20?/m1/s1. The lowest BCUT2D eigenvalue weighted by atomic mass is 10.1. The number of H-pyrrole nitrogens is 1. The van der Waals surface area contributed by atoms with E-state index in [9.17, 15) is 14.7 Å². The smallest absolute Gasteiger partial charge is 0.350 e. The van der Waals surface area contributed by atoms with Crippen molar-refractivity contribution in [1.29, 1.82) is 0 Å². The molecule has 3 aromatic rings. The molecule has 3 N–H and O–H groups in total. The molecule has 1 aromatic heterocycles. The first-order valence-corrected chi connectivity index (χ1v) is 11.1. The van der Waals surface area contributed by atoms with Gasteiger partial charge in [0.05, 0.1) is 11.5 Å². The molecule has 0 spiro atoms. The minimum absolute atomic E-state index is 0.108. The maximum Gasteiger partial charge on any atom is 0.350 e. The Hall–Kier alpha value is -3.14. The van der Waals surface area contributed by atoms with Gasteiger partial charge in [-0.15, -0.1) is 0 Å². The number of nitrogens with one attached hydrogen (secondary N) is 2. The molecule has 1 aliphatic heterocycles. The minimum atomic E-state index is -0.920. The molecule has 0 aliphatic carbocycles. The summed E-state index contributed by atoms with van der Waals surface area (Å²) < 4.78 is 17.3. The van der Waals surface area contributed by atoms with Crippen LogP contribution < -0.4 is 14.9 Å². The fourth-order valence-corrected chi connectivity index (χ4v) is 4.11. The maximum atomic E-state index is 12.9. The predicted molar refractivity (Wildman–Crippen MR) is 119 cm³/mol. The molecule has 1 saturated heterocycles. The van der Waals surface area contributed by atoms with E-state index in [1.807, 2.05) is 42.5 Å². The number of rotatable bonds is 8. The first kappa shape index (κ1) is 22.1. The van der Waals surface area contributed by atoms with Crippen LogP contribution in [0.25, 0.3) is 0 Å². The number of carbonyl (C=O) groups excluding carboxylic acids is 1. The molecule has 2 heterocycles. The molecular formula is C23H24N2O6S. The molecule has 168 valence electrons. The monoisotopic (exact) mass is 456 g/mol. The van der Waals surface area contributed by atoms with Crippen molar-refractivity contribution in [2.75, 3.05) is 19.7 Å². The van der Waals surface area contributed by atoms with Gasteiger partial charge in [0.1, 0.15) is 18.5 Å². The Labute approximate surface area is 188 Å². The summed E-state index contributed by atoms with van der Waals surface area (Å²) >= 11 is 0.973. The number of aromatic nitrogens is 1. The van der Waals surface area contributed by atoms with Crippen molar-refractivity contribution in [2.45, 2.75) is 25.2 Å². The van der Waals surface area contributed by atoms with Gasteiger partial charge in [0.15, 0.2) is 0 Å². The molecule has 2 atom stereocenters. The van der Waals surface area contributed by atoms with Crippen LogP contribution in [0.5, 0.6) is 11.6 Å². The van der Waals surface area contributed by atoms with E-state index in [4.69, 9.17) is 14.2 Å². The summed E-state index contributed by atoms with van der Waals surface area (Å²) in [5.41, 5.74) is 1.78. The second-order valence-corrected chi connectivity index (χ2v) is 8.42. The second kappa shape index (κ2) is 10.4. The van der Waals surface area contributed by atoms with Gasteiger partial charge in [-0.25, -0.2) is 4.79 Å². The van der Waals surface area contributed by atoms with Gasteiger partial charge in [-0.3, -0.25) is 9.78 Å². The molecule has 0 saturated carbocycles. The molecule has 1 fully saturated rings. The van der Waals surface area contributed by atoms with Gasteiger partial charge in [-0.1, -0.05) is 53.8 Å². The number of benzene rings is 2. The van der Waals surface area contributed by atoms with Crippen LogP contribution in [-0.2, 0) is 27.3 Å². The number of morpholine rings is 1. The van der Waals surface area contributed by atoms with E-state index in [0.717, 1.165) is 29.0 Å². The Kier molecular flexibility index (Phi) is 7.21. The van der Waals surface area contributed by atoms with E-state index in [-0.39, 0.29) is 17.4 Å². The summed E-state index contributed by atoms with van der Waals surface area (Å²) in [6.45, 7) is 1.84. The minimum Gasteiger partial charge on any atom is -0.494 e. The van der Waals surface area contributed by atoms with Gasteiger partial charge in [-0.05, 0) is 23.3 Å². The highest BCUT2D eigenvalue weighted by Crippen LogP contribution is 2.23. The Morgan fingerprint density at radius 3 is 2.59 bits per heavy atom. The van der Waals surface area contributed by atoms with Gasteiger partial charge >= 0.3 is 10.8 Å². The third-order valence-electron chi connectivity index (χ3n) is 5.00. The van der Waals surface area contributed by atoms with Crippen LogP contribution in [0.3, 0.4) is 0 Å². The van der Waals surface area contributed by atoms with Crippen LogP contribution in [0.15, 0.2) is 59.4 Å². The van der Waals surface area contributed by atoms with Crippen molar-refractivity contribution in [3.8, 4) is 11.6 Å². The molecular weight excluding hydrogens is 432 g/mol. The van der Waals surface area contributed by atoms with Gasteiger partial charge in [0, 0.05) is 19.5 Å². The normalized spacial score (nSPS) is 16.9. The third-order valence-corrected chi connectivity index (χ3v) is 5.87. The highest BCUT2D eigenvalue weighted by molar-refractivity contribution is 7.09. The van der Waals surface area contributed by atoms with Crippen LogP contribution in [0, 0.1) is 0 Å². The summed E-state index contributed by atoms with van der Waals surface area (Å²) in [5.74, 6) is -0.104. The highest BCUT2D eigenvalue weighted by Gasteiger charge is 2.34. The van der Waals surface area contributed by atoms with Crippen molar-refractivity contribution in [3.63, 3.8) is 0 Å². The van der Waals surface area contributed by atoms with Crippen molar-refractivity contribution in [3.05, 3.63) is 80.3 Å². The molecule has 1 aliphatic rings. The zero-order valence-electron chi connectivity index (χ0n) is 17.3. The molecule has 9 heteroatoms. The van der Waals surface area contributed by atoms with E-state index in [2.05, 4.69) is 10.3 Å². The number of hydrogen-bond acceptors (Lipinski definition) is 8. The number of carbonyl (C=O) groups is 1. The Morgan fingerprint density at radius 2 is 1.94 bits per heavy atom. The zero-order chi connectivity index (χ0) is 22.3. The van der Waals surface area contributed by atoms with Crippen molar-refractivity contribution >= 4 is 17.3 Å². The number of thiazole rings is 1. The summed E-state index contributed by atoms with van der Waals surface area (Å²) in [5, 5.41) is 13.0. The topological polar surface area (TPSA) is 110 Å². The van der Waals surface area contributed by atoms with E-state index in [0.29, 0.717) is 30.2 Å². The maximum absolute atomic E-state index is 12.9. The molecule has 0 bridgehead atoms. The van der Waals surface area contributed by atoms with Crippen molar-refractivity contribution in [1.82, 2.24) is 10.3 Å². The summed E-state index contributed by atoms with van der Waals surface area (Å²) in [7, 11) is 0. The van der Waals surface area contributed by atoms with Gasteiger partial charge in [-0.2, -0.15) is 0 Å². The molecule has 32 heavy (non-hydrogen) atoms. The van der Waals surface area contributed by atoms with Gasteiger partial charge < -0.3 is 24.6 Å². The predicted octanol–water partition coefficient (Wildman–Crippen LogP) is 2.21. The molecule has 2 aromatic carbocycles. The quantitative estimate of drug-likeness (QED) is 0.446. The molecule has 0 radical (unpaired) electrons. The number of hydrogen-bond donors (Lipinski definition) is 3. The summed E-state index contributed by atoms with van der Waals surface area (Å²) in [6, 6.07) is 16.6. The van der Waals surface area contributed by atoms with Gasteiger partial charge in [0.25, 0.3) is 0 Å². The lowest BCUT2D eigenvalue weighted by molar-refractivity contribution is -0.162. The van der Waals surface area contributed by atoms with Crippen molar-refractivity contribution < 1.29 is 24.1 Å². The van der Waals surface area contributed by atoms with E-state index in [1.165, 1.54) is 0 Å². The van der Waals surface area contributed by atoms with E-state index in [1.54, 1.807) is 12.1 Å². The highest BCUT2D eigenvalue weighted by atomic mass is 32.1. The van der Waals surface area contributed by atoms with Crippen LogP contribution in [-0.4, -0.2) is 48.0 Å². The number of ether oxygens (including phenoxy) is 3. The fourth-order valence-electron chi connectivity index (χ4n) is 3.36. The molecule has 4 rings (SSSR count). The third kappa shape index (κ3) is 5.76. The number of esters is 1. The summed E-state index contributed by atoms with van der Waals surface area (Å²) in [6.07, 6.45) is -0.981. The Morgan fingerprint density at radius 1 is 1.16 bits per heavy atom. The SMILES string of the molecule is O=C(OCc1ccccc1)C(Oc1ccc(Cc2sc(=O)[nH]c2O)cc1)[C@H]1CNCCO1. The zero-order valence-corrected chi connectivity index (χ0v) is 18.1. The largest absolute Gasteiger partial charge is 0.494 e. The summed E-state index contributed by atoms with van der Waals surface area (Å²) in [4.78, 5) is 26.8. The van der Waals surface area contributed by atoms with Crippen LogP contribution >= 0.6 is 11.3 Å². The molecule has 8 nitrogen and oxygen atoms in total. The first-order chi connectivity index (χ1) is 15.6. The molecule has 1 unspecified atom stereocenters. The van der Waals surface area contributed by atoms with Crippen molar-refractivity contribution in [2.24, 2.45) is 0 Å². The Balaban J connectivity index is 1.43. The second-order valence-electron chi connectivity index (χ2n) is 7.35. The number of aromatic amines is 1.